The highest BCUT2D eigenvalue weighted by Crippen LogP contribution is 2.20. The van der Waals surface area contributed by atoms with Crippen LogP contribution in [0.1, 0.15) is 25.8 Å². The van der Waals surface area contributed by atoms with Crippen LogP contribution in [0.15, 0.2) is 17.0 Å². The third-order valence-corrected chi connectivity index (χ3v) is 4.72. The fourth-order valence-corrected chi connectivity index (χ4v) is 3.08. The molecule has 2 atom stereocenters. The van der Waals surface area contributed by atoms with E-state index in [1.54, 1.807) is 13.8 Å². The summed E-state index contributed by atoms with van der Waals surface area (Å²) in [6, 6.07) is -0.116. The van der Waals surface area contributed by atoms with Gasteiger partial charge in [0.15, 0.2) is 0 Å². The van der Waals surface area contributed by atoms with Gasteiger partial charge in [0.1, 0.15) is 22.6 Å². The van der Waals surface area contributed by atoms with E-state index in [-0.39, 0.29) is 5.56 Å². The Labute approximate surface area is 122 Å². The van der Waals surface area contributed by atoms with Crippen LogP contribution < -0.4 is 4.72 Å². The fourth-order valence-electron chi connectivity index (χ4n) is 1.71. The van der Waals surface area contributed by atoms with Crippen molar-refractivity contribution in [2.75, 3.05) is 0 Å². The molecule has 0 amide bonds. The topological polar surface area (TPSA) is 83.5 Å². The average molecular weight is 321 g/mol. The smallest absolute Gasteiger partial charge is 0.322 e. The molecule has 0 fully saturated rings. The van der Waals surface area contributed by atoms with E-state index < -0.39 is 44.5 Å². The average Bonchev–Trinajstić information content (AvgIpc) is 2.38. The van der Waals surface area contributed by atoms with Gasteiger partial charge in [-0.25, -0.2) is 17.2 Å². The van der Waals surface area contributed by atoms with Crippen molar-refractivity contribution < 1.29 is 27.1 Å². The molecule has 0 aliphatic rings. The minimum Gasteiger partial charge on any atom is -0.480 e. The van der Waals surface area contributed by atoms with Crippen LogP contribution in [0.5, 0.6) is 0 Å². The summed E-state index contributed by atoms with van der Waals surface area (Å²) < 4.78 is 53.2. The highest BCUT2D eigenvalue weighted by atomic mass is 32.2. The van der Waals surface area contributed by atoms with Gasteiger partial charge in [0.25, 0.3) is 0 Å². The van der Waals surface area contributed by atoms with E-state index in [0.29, 0.717) is 12.5 Å². The summed E-state index contributed by atoms with van der Waals surface area (Å²) in [6.07, 6.45) is 0.407. The molecule has 0 aromatic heterocycles. The van der Waals surface area contributed by atoms with Crippen LogP contribution in [-0.2, 0) is 14.8 Å². The van der Waals surface area contributed by atoms with Crippen LogP contribution >= 0.6 is 0 Å². The molecular weight excluding hydrogens is 304 g/mol. The van der Waals surface area contributed by atoms with Crippen LogP contribution in [0.25, 0.3) is 0 Å². The molecular formula is C13H17F2NO4S. The van der Waals surface area contributed by atoms with Crippen molar-refractivity contribution >= 4 is 16.0 Å². The number of hydrogen-bond donors (Lipinski definition) is 2. The summed E-state index contributed by atoms with van der Waals surface area (Å²) >= 11 is 0. The Bertz CT molecular complexity index is 646. The van der Waals surface area contributed by atoms with Crippen molar-refractivity contribution in [2.24, 2.45) is 5.92 Å². The number of carboxylic acids is 1. The largest absolute Gasteiger partial charge is 0.480 e. The molecule has 0 saturated heterocycles. The lowest BCUT2D eigenvalue weighted by molar-refractivity contribution is -0.140. The number of rotatable bonds is 6. The first-order valence-corrected chi connectivity index (χ1v) is 7.79. The van der Waals surface area contributed by atoms with E-state index in [0.717, 1.165) is 6.07 Å². The first kappa shape index (κ1) is 17.5. The van der Waals surface area contributed by atoms with Gasteiger partial charge >= 0.3 is 5.97 Å². The third kappa shape index (κ3) is 3.98. The van der Waals surface area contributed by atoms with Crippen molar-refractivity contribution in [1.29, 1.82) is 0 Å². The zero-order valence-corrected chi connectivity index (χ0v) is 12.7. The standard InChI is InChI=1S/C13H17F2NO4S/c1-4-7(2)12(13(17)18)16-21(19,20)11-6-9(14)8(3)5-10(11)15/h5-7,12,16H,4H2,1-3H3,(H,17,18)/t7-,12-/m0/s1. The quantitative estimate of drug-likeness (QED) is 0.840. The van der Waals surface area contributed by atoms with Gasteiger partial charge in [-0.1, -0.05) is 20.3 Å². The molecule has 1 aromatic carbocycles. The maximum Gasteiger partial charge on any atom is 0.322 e. The van der Waals surface area contributed by atoms with E-state index in [2.05, 4.69) is 0 Å². The molecule has 21 heavy (non-hydrogen) atoms. The molecule has 0 saturated carbocycles. The molecule has 1 aromatic rings. The van der Waals surface area contributed by atoms with Crippen molar-refractivity contribution in [3.8, 4) is 0 Å². The zero-order chi connectivity index (χ0) is 16.4. The molecule has 118 valence electrons. The molecule has 8 heteroatoms. The molecule has 0 heterocycles. The number of aliphatic carboxylic acids is 1. The van der Waals surface area contributed by atoms with Gasteiger partial charge < -0.3 is 5.11 Å². The van der Waals surface area contributed by atoms with Gasteiger partial charge in [-0.2, -0.15) is 4.72 Å². The Balaban J connectivity index is 3.23. The predicted molar refractivity (Wildman–Crippen MR) is 72.3 cm³/mol. The molecule has 0 unspecified atom stereocenters. The number of halogens is 2. The number of benzene rings is 1. The van der Waals surface area contributed by atoms with Crippen molar-refractivity contribution in [1.82, 2.24) is 4.72 Å². The SMILES string of the molecule is CC[C@H](C)[C@H](NS(=O)(=O)c1cc(F)c(C)cc1F)C(=O)O. The Kier molecular flexibility index (Phi) is 5.41. The second-order valence-electron chi connectivity index (χ2n) is 4.85. The summed E-state index contributed by atoms with van der Waals surface area (Å²) in [5.41, 5.74) is -0.0387. The molecule has 0 radical (unpaired) electrons. The maximum atomic E-state index is 13.7. The van der Waals surface area contributed by atoms with Gasteiger partial charge in [-0.15, -0.1) is 0 Å². The molecule has 0 aliphatic heterocycles. The Morgan fingerprint density at radius 2 is 1.90 bits per heavy atom. The number of sulfonamides is 1. The number of aryl methyl sites for hydroxylation is 1. The molecule has 1 rings (SSSR count). The predicted octanol–water partition coefficient (Wildman–Crippen LogP) is 2.05. The molecule has 0 aliphatic carbocycles. The normalized spacial score (nSPS) is 14.7. The second-order valence-corrected chi connectivity index (χ2v) is 6.54. The van der Waals surface area contributed by atoms with Crippen LogP contribution in [0.3, 0.4) is 0 Å². The van der Waals surface area contributed by atoms with Crippen LogP contribution in [0.4, 0.5) is 8.78 Å². The molecule has 5 nitrogen and oxygen atoms in total. The van der Waals surface area contributed by atoms with Gasteiger partial charge in [0, 0.05) is 0 Å². The van der Waals surface area contributed by atoms with Crippen LogP contribution in [0.2, 0.25) is 0 Å². The van der Waals surface area contributed by atoms with E-state index in [9.17, 15) is 22.0 Å². The van der Waals surface area contributed by atoms with E-state index in [1.165, 1.54) is 6.92 Å². The highest BCUT2D eigenvalue weighted by Gasteiger charge is 2.31. The first-order chi connectivity index (χ1) is 9.60. The van der Waals surface area contributed by atoms with Gasteiger partial charge in [-0.3, -0.25) is 4.79 Å². The third-order valence-electron chi connectivity index (χ3n) is 3.26. The van der Waals surface area contributed by atoms with Gasteiger partial charge in [0.2, 0.25) is 10.0 Å². The number of hydrogen-bond acceptors (Lipinski definition) is 3. The van der Waals surface area contributed by atoms with E-state index >= 15 is 0 Å². The minimum atomic E-state index is -4.48. The molecule has 2 N–H and O–H groups in total. The zero-order valence-electron chi connectivity index (χ0n) is 11.9. The van der Waals surface area contributed by atoms with Crippen molar-refractivity contribution in [3.63, 3.8) is 0 Å². The Morgan fingerprint density at radius 1 is 1.33 bits per heavy atom. The monoisotopic (exact) mass is 321 g/mol. The maximum absolute atomic E-state index is 13.7. The summed E-state index contributed by atoms with van der Waals surface area (Å²) in [5.74, 6) is -3.89. The lowest BCUT2D eigenvalue weighted by Gasteiger charge is -2.20. The fraction of sp³-hybridized carbons (Fsp3) is 0.462. The summed E-state index contributed by atoms with van der Waals surface area (Å²) in [7, 11) is -4.48. The highest BCUT2D eigenvalue weighted by molar-refractivity contribution is 7.89. The summed E-state index contributed by atoms with van der Waals surface area (Å²) in [6.45, 7) is 4.54. The van der Waals surface area contributed by atoms with Crippen LogP contribution in [0, 0.1) is 24.5 Å². The van der Waals surface area contributed by atoms with Gasteiger partial charge in [0.05, 0.1) is 0 Å². The lowest BCUT2D eigenvalue weighted by atomic mass is 10.0. The van der Waals surface area contributed by atoms with Crippen LogP contribution in [-0.4, -0.2) is 25.5 Å². The second kappa shape index (κ2) is 6.48. The number of carboxylic acid groups (broad SMARTS) is 1. The summed E-state index contributed by atoms with van der Waals surface area (Å²) in [4.78, 5) is 10.2. The van der Waals surface area contributed by atoms with E-state index in [1.807, 2.05) is 4.72 Å². The first-order valence-electron chi connectivity index (χ1n) is 6.31. The van der Waals surface area contributed by atoms with Crippen molar-refractivity contribution in [2.45, 2.75) is 38.1 Å². The number of nitrogens with one attached hydrogen (secondary N) is 1. The summed E-state index contributed by atoms with van der Waals surface area (Å²) in [5, 5.41) is 9.06. The van der Waals surface area contributed by atoms with E-state index in [4.69, 9.17) is 5.11 Å². The number of carbonyl (C=O) groups is 1. The Hall–Kier alpha value is -1.54. The minimum absolute atomic E-state index is 0.0387. The molecule has 0 spiro atoms. The molecule has 0 bridgehead atoms. The lowest BCUT2D eigenvalue weighted by Crippen LogP contribution is -2.45. The van der Waals surface area contributed by atoms with Crippen molar-refractivity contribution in [3.05, 3.63) is 29.3 Å². The Morgan fingerprint density at radius 3 is 2.38 bits per heavy atom. The van der Waals surface area contributed by atoms with Gasteiger partial charge in [-0.05, 0) is 30.5 Å².